The van der Waals surface area contributed by atoms with E-state index < -0.39 is 12.0 Å². The van der Waals surface area contributed by atoms with Crippen LogP contribution in [0.5, 0.6) is 28.7 Å². The van der Waals surface area contributed by atoms with Gasteiger partial charge in [0, 0.05) is 30.1 Å². The summed E-state index contributed by atoms with van der Waals surface area (Å²) in [5, 5.41) is 44.1. The Morgan fingerprint density at radius 3 is 1.98 bits per heavy atom. The molecule has 8 heteroatoms. The molecule has 8 nitrogen and oxygen atoms in total. The molecule has 0 fully saturated rings. The number of hydrogen-bond donors (Lipinski definition) is 5. The Bertz CT molecular complexity index is 1750. The van der Waals surface area contributed by atoms with Crippen molar-refractivity contribution in [2.75, 3.05) is 14.2 Å². The van der Waals surface area contributed by atoms with Gasteiger partial charge in [-0.15, -0.1) is 0 Å². The molecule has 234 valence electrons. The van der Waals surface area contributed by atoms with E-state index in [0.717, 1.165) is 33.0 Å². The number of aromatic nitrogens is 1. The molecule has 0 bridgehead atoms. The van der Waals surface area contributed by atoms with Crippen LogP contribution >= 0.6 is 0 Å². The quantitative estimate of drug-likeness (QED) is 0.102. The zero-order valence-electron chi connectivity index (χ0n) is 25.4. The van der Waals surface area contributed by atoms with Crippen molar-refractivity contribution in [1.82, 2.24) is 4.98 Å². The normalized spacial score (nSPS) is 13.3. The van der Waals surface area contributed by atoms with Gasteiger partial charge in [0.1, 0.15) is 11.5 Å². The summed E-state index contributed by atoms with van der Waals surface area (Å²) in [5.74, 6) is -0.0557. The minimum absolute atomic E-state index is 0.0115. The predicted molar refractivity (Wildman–Crippen MR) is 173 cm³/mol. The van der Waals surface area contributed by atoms with Gasteiger partial charge in [0.05, 0.1) is 20.3 Å². The Kier molecular flexibility index (Phi) is 9.95. The third-order valence-corrected chi connectivity index (χ3v) is 8.42. The minimum atomic E-state index is -0.950. The summed E-state index contributed by atoms with van der Waals surface area (Å²) in [4.78, 5) is 17.1. The van der Waals surface area contributed by atoms with Crippen LogP contribution in [0.2, 0.25) is 0 Å². The van der Waals surface area contributed by atoms with Crippen molar-refractivity contribution in [3.05, 3.63) is 114 Å². The summed E-state index contributed by atoms with van der Waals surface area (Å²) in [6.07, 6.45) is 4.41. The van der Waals surface area contributed by atoms with E-state index >= 15 is 0 Å². The molecule has 0 unspecified atom stereocenters. The molecule has 1 heterocycles. The number of H-pyrrole nitrogens is 1. The lowest BCUT2D eigenvalue weighted by molar-refractivity contribution is -0.125. The molecule has 0 saturated heterocycles. The second-order valence-corrected chi connectivity index (χ2v) is 11.6. The number of methoxy groups -OCH3 is 2. The Morgan fingerprint density at radius 2 is 1.33 bits per heavy atom. The number of phenolic OH excluding ortho intramolecular Hbond substituents is 3. The molecule has 0 radical (unpaired) electrons. The Balaban J connectivity index is 1.42. The Labute approximate surface area is 262 Å². The number of hydrogen-bond acceptors (Lipinski definition) is 7. The number of aromatic amines is 1. The first-order valence-corrected chi connectivity index (χ1v) is 15.0. The summed E-state index contributed by atoms with van der Waals surface area (Å²) in [7, 11) is 2.97. The molecular formula is C37H39NO7. The molecule has 1 aromatic heterocycles. The van der Waals surface area contributed by atoms with Crippen LogP contribution in [0.15, 0.2) is 91.3 Å². The number of rotatable bonds is 14. The van der Waals surface area contributed by atoms with Crippen LogP contribution < -0.4 is 9.47 Å². The predicted octanol–water partition coefficient (Wildman–Crippen LogP) is 6.13. The van der Waals surface area contributed by atoms with Gasteiger partial charge in [0.25, 0.3) is 0 Å². The number of nitrogens with one attached hydrogen (secondary N) is 1. The topological polar surface area (TPSA) is 132 Å². The number of aliphatic hydroxyl groups excluding tert-OH is 1. The first-order chi connectivity index (χ1) is 21.7. The average Bonchev–Trinajstić information content (AvgIpc) is 3.55. The van der Waals surface area contributed by atoms with E-state index in [1.165, 1.54) is 14.2 Å². The van der Waals surface area contributed by atoms with E-state index in [0.29, 0.717) is 37.2 Å². The molecule has 0 amide bonds. The van der Waals surface area contributed by atoms with Gasteiger partial charge in [-0.2, -0.15) is 0 Å². The number of fused-ring (bicyclic) bond motifs is 1. The summed E-state index contributed by atoms with van der Waals surface area (Å²) < 4.78 is 10.6. The second kappa shape index (κ2) is 14.2. The summed E-state index contributed by atoms with van der Waals surface area (Å²) in [6, 6.07) is 23.3. The second-order valence-electron chi connectivity index (χ2n) is 11.6. The van der Waals surface area contributed by atoms with Gasteiger partial charge in [-0.3, -0.25) is 4.79 Å². The average molecular weight is 610 g/mol. The lowest BCUT2D eigenvalue weighted by atomic mass is 9.82. The number of benzene rings is 4. The molecule has 5 aromatic rings. The van der Waals surface area contributed by atoms with Crippen LogP contribution in [0.4, 0.5) is 0 Å². The van der Waals surface area contributed by atoms with Gasteiger partial charge in [-0.25, -0.2) is 0 Å². The molecule has 4 aromatic carbocycles. The molecule has 0 spiro atoms. The number of ether oxygens (including phenoxy) is 2. The van der Waals surface area contributed by atoms with E-state index in [4.69, 9.17) is 9.47 Å². The van der Waals surface area contributed by atoms with Crippen LogP contribution in [0.1, 0.15) is 28.7 Å². The highest BCUT2D eigenvalue weighted by molar-refractivity contribution is 5.89. The number of carbonyl (C=O) groups is 1. The third-order valence-electron chi connectivity index (χ3n) is 8.42. The standard InChI is InChI=1S/C37H39NO7/c1-44-36-19-23(7-9-31(36)39)13-28(15-25-11-12-38-22-25)33(41)21-34(42)29(14-24-8-10-32(40)37(20-24)45-2)17-26-16-27-5-3-4-6-30(27)35(43)18-26/h3-12,16,18-20,22,28-29,33,38-41,43H,13-15,17,21H2,1-2H3/t28-,29-,33-/m1/s1. The van der Waals surface area contributed by atoms with E-state index in [1.807, 2.05) is 48.8 Å². The van der Waals surface area contributed by atoms with Gasteiger partial charge in [-0.1, -0.05) is 42.5 Å². The fraction of sp³-hybridized carbons (Fsp3) is 0.270. The van der Waals surface area contributed by atoms with Crippen molar-refractivity contribution in [1.29, 1.82) is 0 Å². The lowest BCUT2D eigenvalue weighted by Crippen LogP contribution is -2.31. The number of carbonyl (C=O) groups excluding carboxylic acids is 1. The maximum atomic E-state index is 14.1. The van der Waals surface area contributed by atoms with E-state index in [1.54, 1.807) is 42.5 Å². The highest BCUT2D eigenvalue weighted by atomic mass is 16.5. The third kappa shape index (κ3) is 7.77. The number of Topliss-reactive ketones (excluding diaryl/α,β-unsaturated/α-hetero) is 1. The summed E-state index contributed by atoms with van der Waals surface area (Å²) >= 11 is 0. The Morgan fingerprint density at radius 1 is 0.711 bits per heavy atom. The summed E-state index contributed by atoms with van der Waals surface area (Å²) in [6.45, 7) is 0. The molecular weight excluding hydrogens is 570 g/mol. The SMILES string of the molecule is COc1cc(C[C@H](Cc2cc(O)c3ccccc3c2)C(=O)C[C@@H](O)[C@@H](Cc2cc[nH]c2)Cc2ccc(O)c(OC)c2)ccc1O. The van der Waals surface area contributed by atoms with Crippen molar-refractivity contribution in [2.45, 2.75) is 38.2 Å². The number of ketones is 1. The molecule has 0 aliphatic heterocycles. The number of phenols is 3. The van der Waals surface area contributed by atoms with Crippen LogP contribution in [-0.4, -0.2) is 51.5 Å². The molecule has 0 aliphatic carbocycles. The minimum Gasteiger partial charge on any atom is -0.507 e. The van der Waals surface area contributed by atoms with Gasteiger partial charge in [0.15, 0.2) is 23.0 Å². The fourth-order valence-corrected chi connectivity index (χ4v) is 6.01. The van der Waals surface area contributed by atoms with Gasteiger partial charge in [-0.05, 0) is 95.6 Å². The smallest absolute Gasteiger partial charge is 0.160 e. The van der Waals surface area contributed by atoms with Crippen LogP contribution in [0.3, 0.4) is 0 Å². The van der Waals surface area contributed by atoms with Gasteiger partial charge < -0.3 is 34.9 Å². The maximum absolute atomic E-state index is 14.1. The molecule has 5 N–H and O–H groups in total. The van der Waals surface area contributed by atoms with Crippen molar-refractivity contribution >= 4 is 16.6 Å². The Hall–Kier alpha value is -4.95. The molecule has 45 heavy (non-hydrogen) atoms. The summed E-state index contributed by atoms with van der Waals surface area (Å²) in [5.41, 5.74) is 3.50. The zero-order valence-corrected chi connectivity index (χ0v) is 25.4. The largest absolute Gasteiger partial charge is 0.507 e. The highest BCUT2D eigenvalue weighted by Crippen LogP contribution is 2.33. The molecule has 0 saturated carbocycles. The molecule has 5 rings (SSSR count). The van der Waals surface area contributed by atoms with E-state index in [2.05, 4.69) is 4.98 Å². The fourth-order valence-electron chi connectivity index (χ4n) is 6.01. The monoisotopic (exact) mass is 609 g/mol. The van der Waals surface area contributed by atoms with Gasteiger partial charge in [0.2, 0.25) is 0 Å². The number of aliphatic hydroxyl groups is 1. The van der Waals surface area contributed by atoms with Crippen LogP contribution in [-0.2, 0) is 30.5 Å². The molecule has 0 aliphatic rings. The van der Waals surface area contributed by atoms with Crippen molar-refractivity contribution in [3.63, 3.8) is 0 Å². The molecule has 3 atom stereocenters. The highest BCUT2D eigenvalue weighted by Gasteiger charge is 2.28. The lowest BCUT2D eigenvalue weighted by Gasteiger charge is -2.25. The van der Waals surface area contributed by atoms with Crippen molar-refractivity contribution in [2.24, 2.45) is 11.8 Å². The van der Waals surface area contributed by atoms with Crippen molar-refractivity contribution in [3.8, 4) is 28.7 Å². The van der Waals surface area contributed by atoms with Crippen molar-refractivity contribution < 1.29 is 34.7 Å². The van der Waals surface area contributed by atoms with Crippen LogP contribution in [0.25, 0.3) is 10.8 Å². The van der Waals surface area contributed by atoms with E-state index in [-0.39, 0.29) is 35.4 Å². The first kappa shape index (κ1) is 31.5. The first-order valence-electron chi connectivity index (χ1n) is 15.0. The van der Waals surface area contributed by atoms with Gasteiger partial charge >= 0.3 is 0 Å². The van der Waals surface area contributed by atoms with E-state index in [9.17, 15) is 25.2 Å². The number of aromatic hydroxyl groups is 3. The van der Waals surface area contributed by atoms with Crippen LogP contribution in [0, 0.1) is 11.8 Å². The maximum Gasteiger partial charge on any atom is 0.160 e. The zero-order chi connectivity index (χ0) is 31.9.